The molecule has 1 heterocycles. The van der Waals surface area contributed by atoms with E-state index in [0.717, 1.165) is 5.56 Å². The molecular formula is C13H20N2O3. The van der Waals surface area contributed by atoms with Crippen LogP contribution in [0.3, 0.4) is 0 Å². The van der Waals surface area contributed by atoms with Gasteiger partial charge < -0.3 is 15.4 Å². The van der Waals surface area contributed by atoms with Crippen LogP contribution in [0.5, 0.6) is 0 Å². The largest absolute Gasteiger partial charge is 0.395 e. The number of aliphatic hydroxyl groups excluding tert-OH is 1. The Morgan fingerprint density at radius 1 is 1.39 bits per heavy atom. The summed E-state index contributed by atoms with van der Waals surface area (Å²) in [4.78, 5) is 26.6. The normalized spacial score (nSPS) is 10.8. The van der Waals surface area contributed by atoms with E-state index < -0.39 is 0 Å². The van der Waals surface area contributed by atoms with E-state index in [-0.39, 0.29) is 30.8 Å². The summed E-state index contributed by atoms with van der Waals surface area (Å²) in [6.45, 7) is 7.25. The van der Waals surface area contributed by atoms with E-state index >= 15 is 0 Å². The zero-order valence-electron chi connectivity index (χ0n) is 11.3. The summed E-state index contributed by atoms with van der Waals surface area (Å²) < 4.78 is 0. The number of carbonyl (C=O) groups excluding carboxylic acids is 2. The highest BCUT2D eigenvalue weighted by atomic mass is 16.3. The topological polar surface area (TPSA) is 82.2 Å². The zero-order valence-corrected chi connectivity index (χ0v) is 11.3. The molecule has 1 aromatic rings. The molecule has 0 unspecified atom stereocenters. The molecule has 3 N–H and O–H groups in total. The van der Waals surface area contributed by atoms with Gasteiger partial charge in [-0.2, -0.15) is 0 Å². The highest BCUT2D eigenvalue weighted by molar-refractivity contribution is 6.02. The number of carbonyl (C=O) groups is 2. The molecule has 0 aromatic carbocycles. The molecule has 0 saturated carbocycles. The summed E-state index contributed by atoms with van der Waals surface area (Å²) >= 11 is 0. The van der Waals surface area contributed by atoms with Crippen molar-refractivity contribution in [3.05, 3.63) is 22.5 Å². The van der Waals surface area contributed by atoms with E-state index in [1.165, 1.54) is 6.92 Å². The maximum absolute atomic E-state index is 12.0. The van der Waals surface area contributed by atoms with Crippen molar-refractivity contribution in [2.75, 3.05) is 13.2 Å². The van der Waals surface area contributed by atoms with E-state index in [1.54, 1.807) is 6.92 Å². The van der Waals surface area contributed by atoms with Crippen molar-refractivity contribution in [1.82, 2.24) is 10.3 Å². The van der Waals surface area contributed by atoms with Crippen LogP contribution in [0, 0.1) is 6.92 Å². The molecule has 0 fully saturated rings. The summed E-state index contributed by atoms with van der Waals surface area (Å²) in [7, 11) is 0. The van der Waals surface area contributed by atoms with Crippen LogP contribution in [0.1, 0.15) is 58.8 Å². The van der Waals surface area contributed by atoms with Crippen molar-refractivity contribution >= 4 is 11.7 Å². The zero-order chi connectivity index (χ0) is 13.9. The predicted octanol–water partition coefficient (Wildman–Crippen LogP) is 1.37. The number of H-pyrrole nitrogens is 1. The minimum Gasteiger partial charge on any atom is -0.395 e. The molecule has 0 spiro atoms. The highest BCUT2D eigenvalue weighted by Crippen LogP contribution is 2.27. The van der Waals surface area contributed by atoms with Crippen LogP contribution in [0.2, 0.25) is 0 Å². The summed E-state index contributed by atoms with van der Waals surface area (Å²) in [6.07, 6.45) is 0. The van der Waals surface area contributed by atoms with Gasteiger partial charge in [-0.3, -0.25) is 9.59 Å². The van der Waals surface area contributed by atoms with E-state index in [4.69, 9.17) is 5.11 Å². The van der Waals surface area contributed by atoms with Crippen molar-refractivity contribution in [1.29, 1.82) is 0 Å². The maximum atomic E-state index is 12.0. The Balaban J connectivity index is 3.24. The highest BCUT2D eigenvalue weighted by Gasteiger charge is 2.24. The fourth-order valence-corrected chi connectivity index (χ4v) is 2.11. The fourth-order valence-electron chi connectivity index (χ4n) is 2.11. The third kappa shape index (κ3) is 2.79. The van der Waals surface area contributed by atoms with E-state index in [2.05, 4.69) is 10.3 Å². The van der Waals surface area contributed by atoms with Crippen molar-refractivity contribution < 1.29 is 14.7 Å². The van der Waals surface area contributed by atoms with Crippen LogP contribution in [-0.4, -0.2) is 34.9 Å². The number of hydrogen-bond donors (Lipinski definition) is 3. The minimum atomic E-state index is -0.289. The second kappa shape index (κ2) is 5.82. The number of aryl methyl sites for hydroxylation is 1. The maximum Gasteiger partial charge on any atom is 0.268 e. The summed E-state index contributed by atoms with van der Waals surface area (Å²) in [5.74, 6) is -0.263. The SMILES string of the molecule is CC(=O)c1c(C)[nH]c(C(=O)NCCO)c1C(C)C. The first-order chi connectivity index (χ1) is 8.40. The van der Waals surface area contributed by atoms with Crippen LogP contribution in [-0.2, 0) is 0 Å². The molecule has 1 amide bonds. The molecule has 0 aliphatic heterocycles. The molecular weight excluding hydrogens is 232 g/mol. The van der Waals surface area contributed by atoms with Gasteiger partial charge in [0.2, 0.25) is 0 Å². The number of aliphatic hydroxyl groups is 1. The average molecular weight is 252 g/mol. The number of nitrogens with one attached hydrogen (secondary N) is 2. The van der Waals surface area contributed by atoms with Gasteiger partial charge in [0, 0.05) is 17.8 Å². The number of hydrogen-bond acceptors (Lipinski definition) is 3. The van der Waals surface area contributed by atoms with Gasteiger partial charge in [0.1, 0.15) is 5.69 Å². The van der Waals surface area contributed by atoms with Gasteiger partial charge in [0.15, 0.2) is 5.78 Å². The first-order valence-electron chi connectivity index (χ1n) is 6.02. The molecule has 0 bridgehead atoms. The first kappa shape index (κ1) is 14.4. The quantitative estimate of drug-likeness (QED) is 0.692. The van der Waals surface area contributed by atoms with Crippen molar-refractivity contribution in [3.8, 4) is 0 Å². The van der Waals surface area contributed by atoms with Crippen LogP contribution < -0.4 is 5.32 Å². The van der Waals surface area contributed by atoms with Gasteiger partial charge in [-0.1, -0.05) is 13.8 Å². The number of amides is 1. The molecule has 0 aliphatic carbocycles. The molecule has 0 aliphatic rings. The molecule has 0 radical (unpaired) electrons. The Kier molecular flexibility index (Phi) is 4.67. The van der Waals surface area contributed by atoms with Crippen LogP contribution in [0.4, 0.5) is 0 Å². The number of Topliss-reactive ketones (excluding diaryl/α,β-unsaturated/α-hetero) is 1. The van der Waals surface area contributed by atoms with Crippen molar-refractivity contribution in [3.63, 3.8) is 0 Å². The standard InChI is InChI=1S/C13H20N2O3/c1-7(2)10-11(9(4)17)8(3)15-12(10)13(18)14-5-6-16/h7,15-16H,5-6H2,1-4H3,(H,14,18). The van der Waals surface area contributed by atoms with Gasteiger partial charge in [-0.25, -0.2) is 0 Å². The molecule has 5 heteroatoms. The second-order valence-corrected chi connectivity index (χ2v) is 4.60. The Hall–Kier alpha value is -1.62. The molecule has 0 saturated heterocycles. The number of rotatable bonds is 5. The molecule has 0 atom stereocenters. The van der Waals surface area contributed by atoms with Gasteiger partial charge in [-0.15, -0.1) is 0 Å². The van der Waals surface area contributed by atoms with E-state index in [1.807, 2.05) is 13.8 Å². The molecule has 18 heavy (non-hydrogen) atoms. The van der Waals surface area contributed by atoms with Gasteiger partial charge in [-0.05, 0) is 25.3 Å². The fraction of sp³-hybridized carbons (Fsp3) is 0.538. The lowest BCUT2D eigenvalue weighted by atomic mass is 9.95. The van der Waals surface area contributed by atoms with Crippen LogP contribution >= 0.6 is 0 Å². The number of aromatic amines is 1. The lowest BCUT2D eigenvalue weighted by Gasteiger charge is -2.09. The van der Waals surface area contributed by atoms with Gasteiger partial charge in [0.05, 0.1) is 6.61 Å². The van der Waals surface area contributed by atoms with Crippen LogP contribution in [0.15, 0.2) is 0 Å². The lowest BCUT2D eigenvalue weighted by Crippen LogP contribution is -2.27. The summed E-state index contributed by atoms with van der Waals surface area (Å²) in [5.41, 5.74) is 2.47. The van der Waals surface area contributed by atoms with Crippen LogP contribution in [0.25, 0.3) is 0 Å². The predicted molar refractivity (Wildman–Crippen MR) is 69.0 cm³/mol. The Labute approximate surface area is 107 Å². The minimum absolute atomic E-state index is 0.0475. The second-order valence-electron chi connectivity index (χ2n) is 4.60. The third-order valence-corrected chi connectivity index (χ3v) is 2.78. The summed E-state index contributed by atoms with van der Waals surface area (Å²) in [6, 6.07) is 0. The monoisotopic (exact) mass is 252 g/mol. The smallest absolute Gasteiger partial charge is 0.268 e. The lowest BCUT2D eigenvalue weighted by molar-refractivity contribution is 0.0939. The average Bonchev–Trinajstić information content (AvgIpc) is 2.63. The first-order valence-corrected chi connectivity index (χ1v) is 6.02. The van der Waals surface area contributed by atoms with Gasteiger partial charge in [0.25, 0.3) is 5.91 Å². The van der Waals surface area contributed by atoms with Crippen molar-refractivity contribution in [2.45, 2.75) is 33.6 Å². The van der Waals surface area contributed by atoms with Gasteiger partial charge >= 0.3 is 0 Å². The van der Waals surface area contributed by atoms with Crippen molar-refractivity contribution in [2.24, 2.45) is 0 Å². The van der Waals surface area contributed by atoms with E-state index in [9.17, 15) is 9.59 Å². The molecule has 1 aromatic heterocycles. The number of ketones is 1. The molecule has 100 valence electrons. The molecule has 1 rings (SSSR count). The Morgan fingerprint density at radius 3 is 2.44 bits per heavy atom. The Bertz CT molecular complexity index is 461. The Morgan fingerprint density at radius 2 is 2.00 bits per heavy atom. The molecule has 5 nitrogen and oxygen atoms in total. The van der Waals surface area contributed by atoms with E-state index in [0.29, 0.717) is 17.0 Å². The summed E-state index contributed by atoms with van der Waals surface area (Å²) in [5, 5.41) is 11.3. The third-order valence-electron chi connectivity index (χ3n) is 2.78. The number of aromatic nitrogens is 1.